The molecule has 0 fully saturated rings. The molecule has 0 rings (SSSR count). The highest BCUT2D eigenvalue weighted by Gasteiger charge is 2.29. The number of unbranched alkanes of at least 4 members (excludes halogenated alkanes) is 5. The van der Waals surface area contributed by atoms with Gasteiger partial charge in [0.25, 0.3) is 0 Å². The van der Waals surface area contributed by atoms with E-state index in [2.05, 4.69) is 39.7 Å². The van der Waals surface area contributed by atoms with Crippen molar-refractivity contribution in [2.45, 2.75) is 83.9 Å². The van der Waals surface area contributed by atoms with Gasteiger partial charge in [0.05, 0.1) is 0 Å². The van der Waals surface area contributed by atoms with Crippen LogP contribution in [-0.4, -0.2) is 23.0 Å². The summed E-state index contributed by atoms with van der Waals surface area (Å²) >= 11 is 0. The average molecular weight is 275 g/mol. The Morgan fingerprint density at radius 1 is 0.765 bits per heavy atom. The van der Waals surface area contributed by atoms with Gasteiger partial charge in [0, 0.05) is 14.7 Å². The minimum atomic E-state index is -1.35. The summed E-state index contributed by atoms with van der Waals surface area (Å²) in [6, 6.07) is 0. The highest BCUT2D eigenvalue weighted by atomic mass is 28.4. The van der Waals surface area contributed by atoms with E-state index in [0.29, 0.717) is 0 Å². The van der Waals surface area contributed by atoms with Gasteiger partial charge in [0.2, 0.25) is 0 Å². The van der Waals surface area contributed by atoms with Gasteiger partial charge in [0.1, 0.15) is 0 Å². The van der Waals surface area contributed by atoms with Gasteiger partial charge >= 0.3 is 0 Å². The Labute approximate surface area is 111 Å². The van der Waals surface area contributed by atoms with Crippen LogP contribution in [0.25, 0.3) is 0 Å². The zero-order chi connectivity index (χ0) is 13.4. The van der Waals surface area contributed by atoms with Crippen molar-refractivity contribution >= 4 is 16.4 Å². The molecule has 0 aliphatic rings. The maximum Gasteiger partial charge on any atom is 0.184 e. The summed E-state index contributed by atoms with van der Waals surface area (Å²) in [6.07, 6.45) is 8.17. The maximum absolute atomic E-state index is 6.19. The van der Waals surface area contributed by atoms with Crippen molar-refractivity contribution in [3.05, 3.63) is 0 Å². The predicted molar refractivity (Wildman–Crippen MR) is 85.0 cm³/mol. The molecule has 1 nitrogen and oxygen atoms in total. The van der Waals surface area contributed by atoms with Crippen molar-refractivity contribution in [3.8, 4) is 0 Å². The normalized spacial score (nSPS) is 13.1. The molecular weight excluding hydrogens is 240 g/mol. The van der Waals surface area contributed by atoms with Crippen LogP contribution in [-0.2, 0) is 4.43 Å². The molecule has 17 heavy (non-hydrogen) atoms. The zero-order valence-electron chi connectivity index (χ0n) is 13.1. The lowest BCUT2D eigenvalue weighted by molar-refractivity contribution is 0.296. The van der Waals surface area contributed by atoms with E-state index in [-0.39, 0.29) is 0 Å². The van der Waals surface area contributed by atoms with Crippen molar-refractivity contribution in [2.24, 2.45) is 0 Å². The summed E-state index contributed by atoms with van der Waals surface area (Å²) in [5, 5.41) is 0. The highest BCUT2D eigenvalue weighted by molar-refractivity contribution is 6.92. The van der Waals surface area contributed by atoms with Gasteiger partial charge in [0.15, 0.2) is 8.32 Å². The molecule has 0 bridgehead atoms. The molecular formula is C14H34OSi2. The van der Waals surface area contributed by atoms with Crippen LogP contribution in [0.2, 0.25) is 38.4 Å². The van der Waals surface area contributed by atoms with Crippen LogP contribution < -0.4 is 0 Å². The second kappa shape index (κ2) is 8.49. The zero-order valence-corrected chi connectivity index (χ0v) is 15.1. The topological polar surface area (TPSA) is 9.23 Å². The summed E-state index contributed by atoms with van der Waals surface area (Å²) in [5.41, 5.74) is 1.40. The Kier molecular flexibility index (Phi) is 8.68. The van der Waals surface area contributed by atoms with Crippen LogP contribution in [0.15, 0.2) is 0 Å². The second-order valence-corrected chi connectivity index (χ2v) is 17.5. The van der Waals surface area contributed by atoms with Gasteiger partial charge in [-0.15, -0.1) is 0 Å². The lowest BCUT2D eigenvalue weighted by Gasteiger charge is -2.29. The summed E-state index contributed by atoms with van der Waals surface area (Å²) in [4.78, 5) is 0. The second-order valence-electron chi connectivity index (χ2n) is 7.11. The van der Waals surface area contributed by atoms with Crippen LogP contribution in [0.1, 0.15) is 45.4 Å². The number of rotatable bonds is 10. The van der Waals surface area contributed by atoms with Crippen molar-refractivity contribution < 1.29 is 4.43 Å². The number of hydrogen-bond donors (Lipinski definition) is 0. The maximum atomic E-state index is 6.19. The van der Waals surface area contributed by atoms with Gasteiger partial charge in [-0.2, -0.15) is 0 Å². The molecule has 0 aromatic carbocycles. The first-order valence-corrected chi connectivity index (χ1v) is 14.2. The first-order valence-electron chi connectivity index (χ1n) is 7.41. The van der Waals surface area contributed by atoms with Gasteiger partial charge in [-0.05, 0) is 25.2 Å². The van der Waals surface area contributed by atoms with Crippen LogP contribution in [0.4, 0.5) is 0 Å². The first kappa shape index (κ1) is 17.4. The van der Waals surface area contributed by atoms with E-state index >= 15 is 0 Å². The SMILES string of the molecule is CCCCCCCCO[Si](C)(C)C[Si](C)(C)C. The largest absolute Gasteiger partial charge is 0.418 e. The third-order valence-electron chi connectivity index (χ3n) is 2.95. The third-order valence-corrected chi connectivity index (χ3v) is 11.6. The molecule has 104 valence electrons. The Morgan fingerprint density at radius 2 is 1.29 bits per heavy atom. The molecule has 3 heteroatoms. The fourth-order valence-corrected chi connectivity index (χ4v) is 13.9. The summed E-state index contributed by atoms with van der Waals surface area (Å²) in [5.74, 6) is 0. The van der Waals surface area contributed by atoms with Crippen molar-refractivity contribution in [3.63, 3.8) is 0 Å². The van der Waals surface area contributed by atoms with E-state index in [0.717, 1.165) is 6.61 Å². The van der Waals surface area contributed by atoms with Gasteiger partial charge in [-0.25, -0.2) is 0 Å². The lowest BCUT2D eigenvalue weighted by atomic mass is 10.1. The van der Waals surface area contributed by atoms with Crippen molar-refractivity contribution in [1.82, 2.24) is 0 Å². The summed E-state index contributed by atoms with van der Waals surface area (Å²) < 4.78 is 6.19. The molecule has 0 saturated heterocycles. The Morgan fingerprint density at radius 3 is 1.82 bits per heavy atom. The van der Waals surface area contributed by atoms with Crippen LogP contribution in [0, 0.1) is 0 Å². The third kappa shape index (κ3) is 12.6. The minimum absolute atomic E-state index is 0.942. The Balaban J connectivity index is 3.52. The first-order chi connectivity index (χ1) is 7.77. The molecule has 0 saturated carbocycles. The van der Waals surface area contributed by atoms with Crippen LogP contribution in [0.5, 0.6) is 0 Å². The summed E-state index contributed by atoms with van der Waals surface area (Å²) in [7, 11) is -2.29. The Hall–Kier alpha value is 0.394. The highest BCUT2D eigenvalue weighted by Crippen LogP contribution is 2.20. The Bertz CT molecular complexity index is 185. The average Bonchev–Trinajstić information content (AvgIpc) is 2.12. The molecule has 0 amide bonds. The molecule has 0 atom stereocenters. The van der Waals surface area contributed by atoms with E-state index in [9.17, 15) is 0 Å². The van der Waals surface area contributed by atoms with Gasteiger partial charge in [-0.3, -0.25) is 0 Å². The van der Waals surface area contributed by atoms with Crippen molar-refractivity contribution in [1.29, 1.82) is 0 Å². The smallest absolute Gasteiger partial charge is 0.184 e. The van der Waals surface area contributed by atoms with E-state index in [4.69, 9.17) is 4.43 Å². The molecule has 0 N–H and O–H groups in total. The quantitative estimate of drug-likeness (QED) is 0.380. The predicted octanol–water partition coefficient (Wildman–Crippen LogP) is 5.45. The molecule has 0 radical (unpaired) electrons. The molecule has 0 unspecified atom stereocenters. The van der Waals surface area contributed by atoms with E-state index in [1.165, 1.54) is 44.2 Å². The molecule has 0 aromatic rings. The fourth-order valence-electron chi connectivity index (χ4n) is 2.56. The molecule has 0 heterocycles. The van der Waals surface area contributed by atoms with Gasteiger partial charge in [-0.1, -0.05) is 58.7 Å². The molecule has 0 spiro atoms. The van der Waals surface area contributed by atoms with Gasteiger partial charge < -0.3 is 4.43 Å². The monoisotopic (exact) mass is 274 g/mol. The fraction of sp³-hybridized carbons (Fsp3) is 1.00. The molecule has 0 aliphatic carbocycles. The number of hydrogen-bond acceptors (Lipinski definition) is 1. The summed E-state index contributed by atoms with van der Waals surface area (Å²) in [6.45, 7) is 15.4. The lowest BCUT2D eigenvalue weighted by Crippen LogP contribution is -2.40. The molecule has 0 aromatic heterocycles. The van der Waals surface area contributed by atoms with E-state index < -0.39 is 16.4 Å². The van der Waals surface area contributed by atoms with Crippen LogP contribution in [0.3, 0.4) is 0 Å². The standard InChI is InChI=1S/C14H34OSi2/c1-7-8-9-10-11-12-13-15-17(5,6)14-16(2,3)4/h7-14H2,1-6H3. The van der Waals surface area contributed by atoms with E-state index in [1.807, 2.05) is 0 Å². The van der Waals surface area contributed by atoms with E-state index in [1.54, 1.807) is 0 Å². The molecule has 0 aliphatic heterocycles. The minimum Gasteiger partial charge on any atom is -0.418 e. The van der Waals surface area contributed by atoms with Crippen LogP contribution >= 0.6 is 0 Å². The van der Waals surface area contributed by atoms with Crippen molar-refractivity contribution in [2.75, 3.05) is 6.61 Å².